The maximum Gasteiger partial charge on any atom is 0.340 e. The van der Waals surface area contributed by atoms with E-state index in [2.05, 4.69) is 5.32 Å². The standard InChI is InChI=1S/C21H26N2O9S/c1-23(33(7,26)27)15-11-19(31-5)17(29-3)9-13(15)20(24)22-14-10-18(30-4)16(28-2)8-12(14)21(25)32-6/h8-11H,1-7H3,(H,22,24). The number of hydrogen-bond acceptors (Lipinski definition) is 9. The highest BCUT2D eigenvalue weighted by atomic mass is 32.2. The first-order valence-electron chi connectivity index (χ1n) is 9.37. The summed E-state index contributed by atoms with van der Waals surface area (Å²) >= 11 is 0. The predicted octanol–water partition coefficient (Wildman–Crippen LogP) is 2.16. The minimum absolute atomic E-state index is 0.00185. The number of carbonyl (C=O) groups excluding carboxylic acids is 2. The molecule has 1 N–H and O–H groups in total. The second kappa shape index (κ2) is 10.3. The van der Waals surface area contributed by atoms with E-state index in [9.17, 15) is 18.0 Å². The highest BCUT2D eigenvalue weighted by molar-refractivity contribution is 7.92. The number of rotatable bonds is 9. The molecular weight excluding hydrogens is 456 g/mol. The van der Waals surface area contributed by atoms with Gasteiger partial charge in [0, 0.05) is 25.2 Å². The largest absolute Gasteiger partial charge is 0.493 e. The van der Waals surface area contributed by atoms with Crippen LogP contribution in [0.25, 0.3) is 0 Å². The lowest BCUT2D eigenvalue weighted by molar-refractivity contribution is 0.0601. The third-order valence-electron chi connectivity index (χ3n) is 4.76. The number of esters is 1. The lowest BCUT2D eigenvalue weighted by atomic mass is 10.1. The van der Waals surface area contributed by atoms with Crippen molar-refractivity contribution < 1.29 is 41.7 Å². The van der Waals surface area contributed by atoms with Gasteiger partial charge in [0.1, 0.15) is 0 Å². The summed E-state index contributed by atoms with van der Waals surface area (Å²) in [5.74, 6) is -0.527. The van der Waals surface area contributed by atoms with Crippen LogP contribution in [-0.4, -0.2) is 69.1 Å². The van der Waals surface area contributed by atoms with E-state index in [1.54, 1.807) is 0 Å². The monoisotopic (exact) mass is 482 g/mol. The summed E-state index contributed by atoms with van der Waals surface area (Å²) in [6.07, 6.45) is 0.995. The third kappa shape index (κ3) is 5.40. The van der Waals surface area contributed by atoms with Crippen LogP contribution in [0.2, 0.25) is 0 Å². The van der Waals surface area contributed by atoms with Crippen molar-refractivity contribution in [1.29, 1.82) is 0 Å². The van der Waals surface area contributed by atoms with Crippen molar-refractivity contribution >= 4 is 33.3 Å². The fourth-order valence-electron chi connectivity index (χ4n) is 2.94. The molecule has 2 rings (SSSR count). The molecule has 0 saturated carbocycles. The van der Waals surface area contributed by atoms with Crippen LogP contribution in [0.3, 0.4) is 0 Å². The molecule has 0 heterocycles. The molecule has 33 heavy (non-hydrogen) atoms. The molecule has 180 valence electrons. The average molecular weight is 483 g/mol. The summed E-state index contributed by atoms with van der Waals surface area (Å²) in [6.45, 7) is 0. The molecule has 0 aliphatic heterocycles. The number of nitrogens with one attached hydrogen (secondary N) is 1. The molecule has 2 aromatic carbocycles. The Morgan fingerprint density at radius 1 is 0.788 bits per heavy atom. The normalized spacial score (nSPS) is 10.8. The van der Waals surface area contributed by atoms with Crippen LogP contribution >= 0.6 is 0 Å². The van der Waals surface area contributed by atoms with Gasteiger partial charge in [-0.3, -0.25) is 9.10 Å². The highest BCUT2D eigenvalue weighted by Gasteiger charge is 2.25. The minimum Gasteiger partial charge on any atom is -0.493 e. The predicted molar refractivity (Wildman–Crippen MR) is 122 cm³/mol. The van der Waals surface area contributed by atoms with Crippen LogP contribution < -0.4 is 28.6 Å². The molecule has 0 saturated heterocycles. The molecule has 0 bridgehead atoms. The first-order valence-corrected chi connectivity index (χ1v) is 11.2. The number of hydrogen-bond donors (Lipinski definition) is 1. The molecule has 0 radical (unpaired) electrons. The van der Waals surface area contributed by atoms with Gasteiger partial charge < -0.3 is 29.0 Å². The van der Waals surface area contributed by atoms with Gasteiger partial charge in [0.25, 0.3) is 5.91 Å². The molecule has 0 aliphatic rings. The molecule has 0 fully saturated rings. The minimum atomic E-state index is -3.73. The van der Waals surface area contributed by atoms with Gasteiger partial charge in [0.15, 0.2) is 23.0 Å². The Balaban J connectivity index is 2.68. The van der Waals surface area contributed by atoms with Gasteiger partial charge in [-0.2, -0.15) is 0 Å². The van der Waals surface area contributed by atoms with Crippen molar-refractivity contribution in [2.75, 3.05) is 58.5 Å². The molecule has 0 atom stereocenters. The van der Waals surface area contributed by atoms with Crippen LogP contribution in [0.4, 0.5) is 11.4 Å². The molecule has 2 aromatic rings. The average Bonchev–Trinajstić information content (AvgIpc) is 2.80. The van der Waals surface area contributed by atoms with Gasteiger partial charge >= 0.3 is 5.97 Å². The van der Waals surface area contributed by atoms with Gasteiger partial charge in [0.05, 0.1) is 64.3 Å². The van der Waals surface area contributed by atoms with Crippen LogP contribution in [0.1, 0.15) is 20.7 Å². The number of benzene rings is 2. The van der Waals surface area contributed by atoms with Crippen LogP contribution in [0, 0.1) is 0 Å². The van der Waals surface area contributed by atoms with Gasteiger partial charge in [0.2, 0.25) is 10.0 Å². The van der Waals surface area contributed by atoms with Gasteiger partial charge in [-0.1, -0.05) is 0 Å². The van der Waals surface area contributed by atoms with Crippen molar-refractivity contribution in [3.63, 3.8) is 0 Å². The zero-order valence-electron chi connectivity index (χ0n) is 19.3. The number of carbonyl (C=O) groups is 2. The lowest BCUT2D eigenvalue weighted by Crippen LogP contribution is -2.28. The molecule has 11 nitrogen and oxygen atoms in total. The molecular formula is C21H26N2O9S. The lowest BCUT2D eigenvalue weighted by Gasteiger charge is -2.22. The summed E-state index contributed by atoms with van der Waals surface area (Å²) in [7, 11) is 4.32. The number of amides is 1. The van der Waals surface area contributed by atoms with E-state index in [-0.39, 0.29) is 45.5 Å². The van der Waals surface area contributed by atoms with Crippen molar-refractivity contribution in [3.8, 4) is 23.0 Å². The Morgan fingerprint density at radius 2 is 1.24 bits per heavy atom. The number of sulfonamides is 1. The van der Waals surface area contributed by atoms with E-state index in [0.29, 0.717) is 0 Å². The van der Waals surface area contributed by atoms with Gasteiger partial charge in [-0.25, -0.2) is 13.2 Å². The summed E-state index contributed by atoms with van der Waals surface area (Å²) in [6, 6.07) is 5.45. The summed E-state index contributed by atoms with van der Waals surface area (Å²) in [5, 5.41) is 2.61. The van der Waals surface area contributed by atoms with E-state index in [1.807, 2.05) is 0 Å². The molecule has 12 heteroatoms. The number of ether oxygens (including phenoxy) is 5. The van der Waals surface area contributed by atoms with Crippen molar-refractivity contribution in [1.82, 2.24) is 0 Å². The second-order valence-electron chi connectivity index (χ2n) is 6.65. The number of anilines is 2. The fourth-order valence-corrected chi connectivity index (χ4v) is 3.45. The van der Waals surface area contributed by atoms with E-state index in [4.69, 9.17) is 23.7 Å². The molecule has 0 aliphatic carbocycles. The Kier molecular flexibility index (Phi) is 7.99. The van der Waals surface area contributed by atoms with Crippen LogP contribution in [0.5, 0.6) is 23.0 Å². The molecule has 0 aromatic heterocycles. The van der Waals surface area contributed by atoms with Crippen molar-refractivity contribution in [2.45, 2.75) is 0 Å². The second-order valence-corrected chi connectivity index (χ2v) is 8.67. The molecule has 0 spiro atoms. The first kappa shape index (κ1) is 25.6. The van der Waals surface area contributed by atoms with E-state index in [1.165, 1.54) is 66.9 Å². The number of nitrogens with zero attached hydrogens (tertiary/aromatic N) is 1. The van der Waals surface area contributed by atoms with Gasteiger partial charge in [-0.05, 0) is 6.07 Å². The Bertz CT molecular complexity index is 1160. The maximum absolute atomic E-state index is 13.3. The third-order valence-corrected chi connectivity index (χ3v) is 5.95. The zero-order valence-corrected chi connectivity index (χ0v) is 20.2. The smallest absolute Gasteiger partial charge is 0.340 e. The zero-order chi connectivity index (χ0) is 24.9. The number of methoxy groups -OCH3 is 5. The SMILES string of the molecule is COC(=O)c1cc(OC)c(OC)cc1NC(=O)c1cc(OC)c(OC)cc1N(C)S(C)(=O)=O. The maximum atomic E-state index is 13.3. The van der Waals surface area contributed by atoms with E-state index >= 15 is 0 Å². The summed E-state index contributed by atoms with van der Waals surface area (Å²) in [4.78, 5) is 25.6. The van der Waals surface area contributed by atoms with Crippen molar-refractivity contribution in [2.24, 2.45) is 0 Å². The van der Waals surface area contributed by atoms with Crippen molar-refractivity contribution in [3.05, 3.63) is 35.4 Å². The quantitative estimate of drug-likeness (QED) is 0.534. The van der Waals surface area contributed by atoms with Gasteiger partial charge in [-0.15, -0.1) is 0 Å². The first-order chi connectivity index (χ1) is 15.5. The van der Waals surface area contributed by atoms with E-state index in [0.717, 1.165) is 10.6 Å². The Hall–Kier alpha value is -3.67. The summed E-state index contributed by atoms with van der Waals surface area (Å²) in [5.41, 5.74) is 0.0492. The highest BCUT2D eigenvalue weighted by Crippen LogP contribution is 2.37. The Labute approximate surface area is 192 Å². The molecule has 1 amide bonds. The molecule has 0 unspecified atom stereocenters. The van der Waals surface area contributed by atoms with E-state index < -0.39 is 21.9 Å². The van der Waals surface area contributed by atoms with Crippen LogP contribution in [-0.2, 0) is 14.8 Å². The Morgan fingerprint density at radius 3 is 1.70 bits per heavy atom. The fraction of sp³-hybridized carbons (Fsp3) is 0.333. The van der Waals surface area contributed by atoms with Crippen LogP contribution in [0.15, 0.2) is 24.3 Å². The topological polar surface area (TPSA) is 130 Å². The summed E-state index contributed by atoms with van der Waals surface area (Å²) < 4.78 is 51.1.